The topological polar surface area (TPSA) is 41.0 Å². The Labute approximate surface area is 117 Å². The third-order valence-electron chi connectivity index (χ3n) is 3.36. The zero-order chi connectivity index (χ0) is 13.9. The predicted octanol–water partition coefficient (Wildman–Crippen LogP) is 2.00. The van der Waals surface area contributed by atoms with Crippen molar-refractivity contribution in [2.75, 3.05) is 31.1 Å². The summed E-state index contributed by atoms with van der Waals surface area (Å²) >= 11 is 0. The quantitative estimate of drug-likeness (QED) is 0.908. The summed E-state index contributed by atoms with van der Waals surface area (Å²) in [5.74, 6) is 1.23. The van der Waals surface area contributed by atoms with Gasteiger partial charge in [-0.2, -0.15) is 0 Å². The van der Waals surface area contributed by atoms with E-state index in [4.69, 9.17) is 0 Å². The molecule has 0 saturated carbocycles. The molecule has 3 rings (SSSR count). The lowest BCUT2D eigenvalue weighted by Gasteiger charge is -2.28. The second kappa shape index (κ2) is 5.54. The second-order valence-corrected chi connectivity index (χ2v) is 4.94. The van der Waals surface area contributed by atoms with E-state index in [1.807, 2.05) is 19.1 Å². The van der Waals surface area contributed by atoms with Gasteiger partial charge in [-0.1, -0.05) is 12.1 Å². The lowest BCUT2D eigenvalue weighted by Crippen LogP contribution is -2.44. The molecule has 0 aliphatic carbocycles. The Bertz CT molecular complexity index is 609. The fourth-order valence-corrected chi connectivity index (χ4v) is 2.36. The zero-order valence-corrected chi connectivity index (χ0v) is 11.4. The standard InChI is InChI=1S/C15H17FN4/c1-11-9-14(20-7-5-17-6-8-20)19-15(18-11)12-3-2-4-13(16)10-12/h2-4,9-10,17H,5-8H2,1H3. The number of nitrogens with one attached hydrogen (secondary N) is 1. The van der Waals surface area contributed by atoms with Crippen LogP contribution in [0.5, 0.6) is 0 Å². The van der Waals surface area contributed by atoms with Crippen molar-refractivity contribution in [2.24, 2.45) is 0 Å². The highest BCUT2D eigenvalue weighted by atomic mass is 19.1. The SMILES string of the molecule is Cc1cc(N2CCNCC2)nc(-c2cccc(F)c2)n1. The number of aromatic nitrogens is 2. The minimum absolute atomic E-state index is 0.267. The van der Waals surface area contributed by atoms with E-state index in [1.54, 1.807) is 6.07 Å². The molecule has 104 valence electrons. The van der Waals surface area contributed by atoms with Gasteiger partial charge in [-0.05, 0) is 19.1 Å². The van der Waals surface area contributed by atoms with Crippen molar-refractivity contribution in [1.29, 1.82) is 0 Å². The average molecular weight is 272 g/mol. The van der Waals surface area contributed by atoms with Gasteiger partial charge in [0.25, 0.3) is 0 Å². The van der Waals surface area contributed by atoms with Gasteiger partial charge in [-0.15, -0.1) is 0 Å². The first-order valence-electron chi connectivity index (χ1n) is 6.80. The van der Waals surface area contributed by atoms with E-state index in [-0.39, 0.29) is 5.82 Å². The molecule has 0 unspecified atom stereocenters. The molecule has 0 spiro atoms. The molecule has 1 aromatic carbocycles. The van der Waals surface area contributed by atoms with E-state index in [1.165, 1.54) is 12.1 Å². The highest BCUT2D eigenvalue weighted by Crippen LogP contribution is 2.21. The molecule has 2 aromatic rings. The summed E-state index contributed by atoms with van der Waals surface area (Å²) in [6, 6.07) is 8.39. The van der Waals surface area contributed by atoms with Crippen molar-refractivity contribution in [2.45, 2.75) is 6.92 Å². The maximum atomic E-state index is 13.3. The van der Waals surface area contributed by atoms with Gasteiger partial charge in [0, 0.05) is 43.5 Å². The number of hydrogen-bond donors (Lipinski definition) is 1. The number of benzene rings is 1. The molecule has 2 heterocycles. The molecular formula is C15H17FN4. The number of aryl methyl sites for hydroxylation is 1. The van der Waals surface area contributed by atoms with E-state index >= 15 is 0 Å². The van der Waals surface area contributed by atoms with Crippen LogP contribution in [0.15, 0.2) is 30.3 Å². The van der Waals surface area contributed by atoms with E-state index in [0.29, 0.717) is 11.4 Å². The molecule has 1 aromatic heterocycles. The number of halogens is 1. The van der Waals surface area contributed by atoms with Crippen LogP contribution >= 0.6 is 0 Å². The Kier molecular flexibility index (Phi) is 3.60. The molecule has 1 N–H and O–H groups in total. The average Bonchev–Trinajstić information content (AvgIpc) is 2.47. The van der Waals surface area contributed by atoms with Crippen LogP contribution < -0.4 is 10.2 Å². The van der Waals surface area contributed by atoms with Crippen LogP contribution in [-0.2, 0) is 0 Å². The summed E-state index contributed by atoms with van der Waals surface area (Å²) in [5.41, 5.74) is 1.61. The fraction of sp³-hybridized carbons (Fsp3) is 0.333. The maximum Gasteiger partial charge on any atom is 0.161 e. The molecule has 5 heteroatoms. The Morgan fingerprint density at radius 3 is 2.70 bits per heavy atom. The summed E-state index contributed by atoms with van der Waals surface area (Å²) < 4.78 is 13.3. The molecule has 20 heavy (non-hydrogen) atoms. The van der Waals surface area contributed by atoms with Gasteiger partial charge in [-0.25, -0.2) is 14.4 Å². The largest absolute Gasteiger partial charge is 0.354 e. The van der Waals surface area contributed by atoms with Crippen LogP contribution in [0.2, 0.25) is 0 Å². The molecule has 0 bridgehead atoms. The Morgan fingerprint density at radius 2 is 1.95 bits per heavy atom. The van der Waals surface area contributed by atoms with Crippen molar-refractivity contribution in [3.05, 3.63) is 41.8 Å². The van der Waals surface area contributed by atoms with Gasteiger partial charge in [0.2, 0.25) is 0 Å². The van der Waals surface area contributed by atoms with Crippen molar-refractivity contribution in [3.63, 3.8) is 0 Å². The minimum atomic E-state index is -0.267. The number of anilines is 1. The summed E-state index contributed by atoms with van der Waals surface area (Å²) in [5, 5.41) is 3.32. The van der Waals surface area contributed by atoms with E-state index in [2.05, 4.69) is 20.2 Å². The smallest absolute Gasteiger partial charge is 0.161 e. The number of nitrogens with zero attached hydrogens (tertiary/aromatic N) is 3. The molecule has 1 aliphatic heterocycles. The molecule has 0 atom stereocenters. The molecule has 0 amide bonds. The zero-order valence-electron chi connectivity index (χ0n) is 11.4. The first kappa shape index (κ1) is 13.0. The lowest BCUT2D eigenvalue weighted by molar-refractivity contribution is 0.584. The van der Waals surface area contributed by atoms with Crippen molar-refractivity contribution < 1.29 is 4.39 Å². The Morgan fingerprint density at radius 1 is 1.15 bits per heavy atom. The van der Waals surface area contributed by atoms with Crippen LogP contribution in [0.3, 0.4) is 0 Å². The highest BCUT2D eigenvalue weighted by molar-refractivity contribution is 5.58. The van der Waals surface area contributed by atoms with E-state index < -0.39 is 0 Å². The minimum Gasteiger partial charge on any atom is -0.354 e. The monoisotopic (exact) mass is 272 g/mol. The van der Waals surface area contributed by atoms with E-state index in [0.717, 1.165) is 37.7 Å². The van der Waals surface area contributed by atoms with Crippen LogP contribution in [0.4, 0.5) is 10.2 Å². The summed E-state index contributed by atoms with van der Waals surface area (Å²) in [4.78, 5) is 11.2. The molecule has 4 nitrogen and oxygen atoms in total. The van der Waals surface area contributed by atoms with Crippen molar-refractivity contribution >= 4 is 5.82 Å². The first-order valence-corrected chi connectivity index (χ1v) is 6.80. The predicted molar refractivity (Wildman–Crippen MR) is 77.2 cm³/mol. The van der Waals surface area contributed by atoms with Crippen molar-refractivity contribution in [3.8, 4) is 11.4 Å². The summed E-state index contributed by atoms with van der Waals surface area (Å²) in [6.45, 7) is 5.71. The van der Waals surface area contributed by atoms with Gasteiger partial charge in [0.15, 0.2) is 5.82 Å². The third kappa shape index (κ3) is 2.77. The third-order valence-corrected chi connectivity index (χ3v) is 3.36. The van der Waals surface area contributed by atoms with Gasteiger partial charge in [0.05, 0.1) is 0 Å². The molecule has 1 fully saturated rings. The number of piperazine rings is 1. The number of rotatable bonds is 2. The van der Waals surface area contributed by atoms with Crippen LogP contribution in [-0.4, -0.2) is 36.1 Å². The Balaban J connectivity index is 1.97. The van der Waals surface area contributed by atoms with Gasteiger partial charge < -0.3 is 10.2 Å². The molecule has 1 saturated heterocycles. The normalized spacial score (nSPS) is 15.4. The van der Waals surface area contributed by atoms with Crippen LogP contribution in [0.1, 0.15) is 5.69 Å². The van der Waals surface area contributed by atoms with E-state index in [9.17, 15) is 4.39 Å². The molecular weight excluding hydrogens is 255 g/mol. The van der Waals surface area contributed by atoms with Gasteiger partial charge >= 0.3 is 0 Å². The van der Waals surface area contributed by atoms with Gasteiger partial charge in [-0.3, -0.25) is 0 Å². The second-order valence-electron chi connectivity index (χ2n) is 4.94. The van der Waals surface area contributed by atoms with Crippen molar-refractivity contribution in [1.82, 2.24) is 15.3 Å². The highest BCUT2D eigenvalue weighted by Gasteiger charge is 2.14. The Hall–Kier alpha value is -2.01. The maximum absolute atomic E-state index is 13.3. The van der Waals surface area contributed by atoms with Crippen LogP contribution in [0.25, 0.3) is 11.4 Å². The lowest BCUT2D eigenvalue weighted by atomic mass is 10.2. The summed E-state index contributed by atoms with van der Waals surface area (Å²) in [6.07, 6.45) is 0. The first-order chi connectivity index (χ1) is 9.72. The van der Waals surface area contributed by atoms with Crippen LogP contribution in [0, 0.1) is 12.7 Å². The number of hydrogen-bond acceptors (Lipinski definition) is 4. The molecule has 1 aliphatic rings. The summed E-state index contributed by atoms with van der Waals surface area (Å²) in [7, 11) is 0. The fourth-order valence-electron chi connectivity index (χ4n) is 2.36. The van der Waals surface area contributed by atoms with Gasteiger partial charge in [0.1, 0.15) is 11.6 Å². The molecule has 0 radical (unpaired) electrons.